The second kappa shape index (κ2) is 8.18. The van der Waals surface area contributed by atoms with Crippen LogP contribution in [0.15, 0.2) is 24.3 Å². The van der Waals surface area contributed by atoms with E-state index >= 15 is 0 Å². The number of hydrogen-bond donors (Lipinski definition) is 2. The number of benzene rings is 1. The molecule has 0 bridgehead atoms. The maximum absolute atomic E-state index is 11.7. The van der Waals surface area contributed by atoms with E-state index in [1.165, 1.54) is 11.1 Å². The van der Waals surface area contributed by atoms with Crippen LogP contribution in [0, 0.1) is 0 Å². The summed E-state index contributed by atoms with van der Waals surface area (Å²) in [5.74, 6) is 0.0602. The van der Waals surface area contributed by atoms with Crippen LogP contribution >= 0.6 is 12.4 Å². The molecule has 19 heavy (non-hydrogen) atoms. The number of halogens is 1. The SMILES string of the molecule is CCc1ccc(CCC(=O)NC(C)(C)CN)cc1.Cl. The van der Waals surface area contributed by atoms with Crippen LogP contribution in [0.3, 0.4) is 0 Å². The molecule has 0 saturated carbocycles. The van der Waals surface area contributed by atoms with E-state index in [-0.39, 0.29) is 23.9 Å². The molecule has 0 spiro atoms. The summed E-state index contributed by atoms with van der Waals surface area (Å²) in [5.41, 5.74) is 7.79. The maximum atomic E-state index is 11.7. The van der Waals surface area contributed by atoms with Gasteiger partial charge < -0.3 is 11.1 Å². The molecule has 0 aliphatic rings. The zero-order valence-electron chi connectivity index (χ0n) is 12.0. The highest BCUT2D eigenvalue weighted by atomic mass is 35.5. The van der Waals surface area contributed by atoms with Crippen molar-refractivity contribution in [3.8, 4) is 0 Å². The standard InChI is InChI=1S/C15H24N2O.ClH/c1-4-12-5-7-13(8-6-12)9-10-14(18)17-15(2,3)11-16;/h5-8H,4,9-11,16H2,1-3H3,(H,17,18);1H. The average molecular weight is 285 g/mol. The smallest absolute Gasteiger partial charge is 0.220 e. The number of nitrogens with one attached hydrogen (secondary N) is 1. The van der Waals surface area contributed by atoms with Crippen molar-refractivity contribution in [2.24, 2.45) is 5.73 Å². The number of carbonyl (C=O) groups excluding carboxylic acids is 1. The highest BCUT2D eigenvalue weighted by Gasteiger charge is 2.17. The highest BCUT2D eigenvalue weighted by Crippen LogP contribution is 2.08. The van der Waals surface area contributed by atoms with E-state index in [9.17, 15) is 4.79 Å². The van der Waals surface area contributed by atoms with Crippen molar-refractivity contribution in [2.75, 3.05) is 6.54 Å². The molecule has 0 aliphatic heterocycles. The Hall–Kier alpha value is -1.06. The van der Waals surface area contributed by atoms with Gasteiger partial charge in [0, 0.05) is 18.5 Å². The molecule has 0 unspecified atom stereocenters. The van der Waals surface area contributed by atoms with Gasteiger partial charge in [0.25, 0.3) is 0 Å². The van der Waals surface area contributed by atoms with Gasteiger partial charge in [-0.3, -0.25) is 4.79 Å². The predicted molar refractivity (Wildman–Crippen MR) is 82.7 cm³/mol. The van der Waals surface area contributed by atoms with Crippen LogP contribution in [0.2, 0.25) is 0 Å². The lowest BCUT2D eigenvalue weighted by Crippen LogP contribution is -2.48. The second-order valence-corrected chi connectivity index (χ2v) is 5.31. The van der Waals surface area contributed by atoms with Crippen molar-refractivity contribution in [2.45, 2.75) is 45.6 Å². The van der Waals surface area contributed by atoms with E-state index in [1.54, 1.807) is 0 Å². The summed E-state index contributed by atoms with van der Waals surface area (Å²) < 4.78 is 0. The number of rotatable bonds is 6. The average Bonchev–Trinajstić information content (AvgIpc) is 2.36. The Morgan fingerprint density at radius 1 is 1.21 bits per heavy atom. The summed E-state index contributed by atoms with van der Waals surface area (Å²) in [6, 6.07) is 8.44. The van der Waals surface area contributed by atoms with Crippen LogP contribution in [-0.4, -0.2) is 18.0 Å². The monoisotopic (exact) mass is 284 g/mol. The third kappa shape index (κ3) is 6.60. The third-order valence-electron chi connectivity index (χ3n) is 3.06. The molecule has 3 nitrogen and oxygen atoms in total. The van der Waals surface area contributed by atoms with Gasteiger partial charge in [-0.1, -0.05) is 31.2 Å². The van der Waals surface area contributed by atoms with Crippen LogP contribution in [0.4, 0.5) is 0 Å². The van der Waals surface area contributed by atoms with E-state index in [0.29, 0.717) is 13.0 Å². The molecule has 4 heteroatoms. The number of nitrogens with two attached hydrogens (primary N) is 1. The lowest BCUT2D eigenvalue weighted by atomic mass is 10.0. The lowest BCUT2D eigenvalue weighted by Gasteiger charge is -2.24. The van der Waals surface area contributed by atoms with Gasteiger partial charge in [-0.05, 0) is 37.8 Å². The fourth-order valence-corrected chi connectivity index (χ4v) is 1.69. The Labute approximate surface area is 122 Å². The molecule has 0 radical (unpaired) electrons. The van der Waals surface area contributed by atoms with Crippen LogP contribution in [0.1, 0.15) is 38.3 Å². The Bertz CT molecular complexity index is 388. The molecule has 3 N–H and O–H groups in total. The van der Waals surface area contributed by atoms with E-state index in [2.05, 4.69) is 36.5 Å². The molecular formula is C15H25ClN2O. The van der Waals surface area contributed by atoms with Crippen molar-refractivity contribution < 1.29 is 4.79 Å². The Kier molecular flexibility index (Phi) is 7.72. The van der Waals surface area contributed by atoms with Crippen molar-refractivity contribution in [1.29, 1.82) is 0 Å². The zero-order chi connectivity index (χ0) is 13.6. The summed E-state index contributed by atoms with van der Waals surface area (Å²) in [6.45, 7) is 6.45. The molecule has 0 aromatic heterocycles. The molecule has 1 amide bonds. The summed E-state index contributed by atoms with van der Waals surface area (Å²) in [7, 11) is 0. The first-order valence-corrected chi connectivity index (χ1v) is 6.56. The lowest BCUT2D eigenvalue weighted by molar-refractivity contribution is -0.122. The molecule has 1 aromatic rings. The number of aryl methyl sites for hydroxylation is 2. The van der Waals surface area contributed by atoms with Gasteiger partial charge in [0.1, 0.15) is 0 Å². The minimum absolute atomic E-state index is 0. The van der Waals surface area contributed by atoms with Crippen molar-refractivity contribution in [1.82, 2.24) is 5.32 Å². The minimum atomic E-state index is -0.316. The number of carbonyl (C=O) groups is 1. The van der Waals surface area contributed by atoms with E-state index in [0.717, 1.165) is 12.8 Å². The van der Waals surface area contributed by atoms with Gasteiger partial charge in [0.05, 0.1) is 0 Å². The zero-order valence-corrected chi connectivity index (χ0v) is 12.8. The summed E-state index contributed by atoms with van der Waals surface area (Å²) in [6.07, 6.45) is 2.33. The second-order valence-electron chi connectivity index (χ2n) is 5.31. The van der Waals surface area contributed by atoms with Crippen molar-refractivity contribution in [3.63, 3.8) is 0 Å². The summed E-state index contributed by atoms with van der Waals surface area (Å²) in [4.78, 5) is 11.7. The normalized spacial score (nSPS) is 10.7. The van der Waals surface area contributed by atoms with Crippen LogP contribution in [-0.2, 0) is 17.6 Å². The van der Waals surface area contributed by atoms with Gasteiger partial charge in [-0.15, -0.1) is 12.4 Å². The van der Waals surface area contributed by atoms with Crippen LogP contribution in [0.25, 0.3) is 0 Å². The van der Waals surface area contributed by atoms with Crippen molar-refractivity contribution in [3.05, 3.63) is 35.4 Å². The van der Waals surface area contributed by atoms with Gasteiger partial charge in [-0.2, -0.15) is 0 Å². The molecule has 1 aromatic carbocycles. The first kappa shape index (κ1) is 17.9. The number of hydrogen-bond acceptors (Lipinski definition) is 2. The number of amides is 1. The first-order valence-electron chi connectivity index (χ1n) is 6.56. The molecule has 0 heterocycles. The fraction of sp³-hybridized carbons (Fsp3) is 0.533. The van der Waals surface area contributed by atoms with Crippen molar-refractivity contribution >= 4 is 18.3 Å². The largest absolute Gasteiger partial charge is 0.350 e. The van der Waals surface area contributed by atoms with Gasteiger partial charge >= 0.3 is 0 Å². The summed E-state index contributed by atoms with van der Waals surface area (Å²) >= 11 is 0. The Morgan fingerprint density at radius 3 is 2.21 bits per heavy atom. The fourth-order valence-electron chi connectivity index (χ4n) is 1.69. The molecule has 108 valence electrons. The highest BCUT2D eigenvalue weighted by molar-refractivity contribution is 5.85. The molecule has 0 saturated heterocycles. The maximum Gasteiger partial charge on any atom is 0.220 e. The molecule has 0 aliphatic carbocycles. The quantitative estimate of drug-likeness (QED) is 0.843. The first-order chi connectivity index (χ1) is 8.46. The van der Waals surface area contributed by atoms with Gasteiger partial charge in [0.15, 0.2) is 0 Å². The Morgan fingerprint density at radius 2 is 1.74 bits per heavy atom. The van der Waals surface area contributed by atoms with E-state index in [4.69, 9.17) is 5.73 Å². The Balaban J connectivity index is 0.00000324. The van der Waals surface area contributed by atoms with Gasteiger partial charge in [0.2, 0.25) is 5.91 Å². The predicted octanol–water partition coefficient (Wildman–Crippen LogP) is 2.46. The van der Waals surface area contributed by atoms with Crippen LogP contribution in [0.5, 0.6) is 0 Å². The minimum Gasteiger partial charge on any atom is -0.350 e. The van der Waals surface area contributed by atoms with E-state index < -0.39 is 0 Å². The molecule has 0 fully saturated rings. The summed E-state index contributed by atoms with van der Waals surface area (Å²) in [5, 5.41) is 2.93. The molecular weight excluding hydrogens is 260 g/mol. The molecule has 0 atom stereocenters. The molecule has 1 rings (SSSR count). The van der Waals surface area contributed by atoms with Gasteiger partial charge in [-0.25, -0.2) is 0 Å². The van der Waals surface area contributed by atoms with Crippen LogP contribution < -0.4 is 11.1 Å². The topological polar surface area (TPSA) is 55.1 Å². The van der Waals surface area contributed by atoms with E-state index in [1.807, 2.05) is 13.8 Å². The third-order valence-corrected chi connectivity index (χ3v) is 3.06.